The fourth-order valence-corrected chi connectivity index (χ4v) is 4.73. The Bertz CT molecular complexity index is 959. The van der Waals surface area contributed by atoms with E-state index in [9.17, 15) is 4.39 Å². The van der Waals surface area contributed by atoms with E-state index in [1.807, 2.05) is 31.7 Å². The minimum absolute atomic E-state index is 0. The number of thiazole rings is 1. The zero-order valence-corrected chi connectivity index (χ0v) is 19.0. The van der Waals surface area contributed by atoms with Crippen molar-refractivity contribution < 1.29 is 4.39 Å². The fraction of sp³-hybridized carbons (Fsp3) is 0.478. The lowest BCUT2D eigenvalue weighted by Gasteiger charge is -2.28. The molecule has 0 bridgehead atoms. The third-order valence-corrected chi connectivity index (χ3v) is 6.22. The molecule has 2 aliphatic rings. The molecule has 6 nitrogen and oxygen atoms in total. The molecular weight excluding hydrogens is 411 g/mol. The molecule has 0 saturated carbocycles. The second-order valence-corrected chi connectivity index (χ2v) is 7.76. The number of rotatable bonds is 2. The Morgan fingerprint density at radius 1 is 1.19 bits per heavy atom. The number of pyridine rings is 1. The van der Waals surface area contributed by atoms with Crippen molar-refractivity contribution in [2.24, 2.45) is 9.98 Å². The van der Waals surface area contributed by atoms with Crippen molar-refractivity contribution >= 4 is 35.0 Å². The predicted molar refractivity (Wildman–Crippen MR) is 132 cm³/mol. The van der Waals surface area contributed by atoms with Crippen molar-refractivity contribution in [3.8, 4) is 10.6 Å². The van der Waals surface area contributed by atoms with Gasteiger partial charge in [0.05, 0.1) is 21.8 Å². The molecular formula is C23H33FN6S. The van der Waals surface area contributed by atoms with Crippen LogP contribution in [0, 0.1) is 5.95 Å². The van der Waals surface area contributed by atoms with Crippen LogP contribution in [-0.4, -0.2) is 53.7 Å². The van der Waals surface area contributed by atoms with Crippen molar-refractivity contribution in [1.82, 2.24) is 14.9 Å². The largest absolute Gasteiger partial charge is 0.357 e. The van der Waals surface area contributed by atoms with E-state index < -0.39 is 5.95 Å². The first kappa shape index (κ1) is 24.7. The topological polar surface area (TPSA) is 57.0 Å². The number of anilines is 1. The summed E-state index contributed by atoms with van der Waals surface area (Å²) in [5.74, 6) is 0.858. The maximum Gasteiger partial charge on any atom is 0.225 e. The lowest BCUT2D eigenvalue weighted by atomic mass is 10.1. The van der Waals surface area contributed by atoms with Gasteiger partial charge in [-0.05, 0) is 31.9 Å². The Morgan fingerprint density at radius 2 is 1.90 bits per heavy atom. The molecule has 0 N–H and O–H groups in total. The molecule has 0 spiro atoms. The van der Waals surface area contributed by atoms with Crippen LogP contribution in [0.25, 0.3) is 16.3 Å². The van der Waals surface area contributed by atoms with Gasteiger partial charge >= 0.3 is 0 Å². The van der Waals surface area contributed by atoms with Gasteiger partial charge < -0.3 is 9.80 Å². The first-order valence-corrected chi connectivity index (χ1v) is 11.3. The van der Waals surface area contributed by atoms with Gasteiger partial charge in [-0.25, -0.2) is 15.0 Å². The van der Waals surface area contributed by atoms with E-state index >= 15 is 0 Å². The third kappa shape index (κ3) is 5.01. The van der Waals surface area contributed by atoms with E-state index in [-0.39, 0.29) is 7.43 Å². The lowest BCUT2D eigenvalue weighted by Crippen LogP contribution is -2.33. The SMILES string of the molecule is C.C=C1c2sc(-c3ccc(N4CCCC4)nc3F)nc2CCN1C(=NC)/N=C\C.CC. The summed E-state index contributed by atoms with van der Waals surface area (Å²) in [6, 6.07) is 3.68. The third-order valence-electron chi connectivity index (χ3n) is 5.04. The van der Waals surface area contributed by atoms with Crippen LogP contribution in [0.4, 0.5) is 10.2 Å². The molecule has 31 heavy (non-hydrogen) atoms. The number of guanidine groups is 1. The highest BCUT2D eigenvalue weighted by Crippen LogP contribution is 2.38. The number of halogens is 1. The number of hydrogen-bond donors (Lipinski definition) is 0. The Balaban J connectivity index is 0.00000111. The molecule has 168 valence electrons. The number of aliphatic imine (C=N–C) groups is 2. The number of hydrogen-bond acceptors (Lipinski definition) is 5. The summed E-state index contributed by atoms with van der Waals surface area (Å²) in [5, 5.41) is 0.639. The minimum Gasteiger partial charge on any atom is -0.357 e. The molecule has 0 radical (unpaired) electrons. The van der Waals surface area contributed by atoms with Gasteiger partial charge in [-0.1, -0.05) is 27.9 Å². The predicted octanol–water partition coefficient (Wildman–Crippen LogP) is 5.51. The summed E-state index contributed by atoms with van der Waals surface area (Å²) in [4.78, 5) is 22.5. The average Bonchev–Trinajstić information content (AvgIpc) is 3.44. The summed E-state index contributed by atoms with van der Waals surface area (Å²) >= 11 is 1.45. The van der Waals surface area contributed by atoms with E-state index in [0.717, 1.165) is 48.6 Å². The Hall–Kier alpha value is -2.61. The van der Waals surface area contributed by atoms with Gasteiger partial charge in [0.15, 0.2) is 0 Å². The van der Waals surface area contributed by atoms with Crippen molar-refractivity contribution in [2.75, 3.05) is 31.6 Å². The molecule has 2 aromatic rings. The Morgan fingerprint density at radius 3 is 2.52 bits per heavy atom. The zero-order valence-electron chi connectivity index (χ0n) is 18.2. The summed E-state index contributed by atoms with van der Waals surface area (Å²) < 4.78 is 14.8. The molecule has 2 aromatic heterocycles. The molecule has 0 amide bonds. The van der Waals surface area contributed by atoms with Crippen molar-refractivity contribution in [3.05, 3.63) is 35.2 Å². The average molecular weight is 445 g/mol. The zero-order chi connectivity index (χ0) is 21.7. The smallest absolute Gasteiger partial charge is 0.225 e. The molecule has 1 saturated heterocycles. The molecule has 0 aromatic carbocycles. The van der Waals surface area contributed by atoms with Crippen LogP contribution >= 0.6 is 11.3 Å². The van der Waals surface area contributed by atoms with E-state index in [2.05, 4.69) is 31.4 Å². The summed E-state index contributed by atoms with van der Waals surface area (Å²) in [5.41, 5.74) is 2.19. The van der Waals surface area contributed by atoms with E-state index in [0.29, 0.717) is 28.9 Å². The van der Waals surface area contributed by atoms with Crippen LogP contribution in [0.2, 0.25) is 0 Å². The first-order chi connectivity index (χ1) is 14.6. The molecule has 0 unspecified atom stereocenters. The maximum atomic E-state index is 14.8. The number of fused-ring (bicyclic) bond motifs is 1. The molecule has 2 aliphatic heterocycles. The number of nitrogens with zero attached hydrogens (tertiary/aromatic N) is 6. The molecule has 4 rings (SSSR count). The van der Waals surface area contributed by atoms with E-state index in [4.69, 9.17) is 0 Å². The second kappa shape index (κ2) is 11.1. The van der Waals surface area contributed by atoms with Crippen molar-refractivity contribution in [1.29, 1.82) is 0 Å². The standard InChI is InChI=1S/C20H23FN6S.C2H6.CH4/c1-4-23-20(22-3)27-12-9-15-17(13(27)2)28-19(24-15)14-7-8-16(25-18(14)21)26-10-5-6-11-26;1-2;/h4,7-8H,2,5-6,9-12H2,1,3H3;1-2H3;1H4/b22-20?,23-4-;;. The normalized spacial score (nSPS) is 16.2. The van der Waals surface area contributed by atoms with Crippen LogP contribution in [-0.2, 0) is 6.42 Å². The minimum atomic E-state index is -0.468. The van der Waals surface area contributed by atoms with Crippen LogP contribution in [0.3, 0.4) is 0 Å². The van der Waals surface area contributed by atoms with E-state index in [1.54, 1.807) is 19.3 Å². The highest BCUT2D eigenvalue weighted by atomic mass is 32.1. The van der Waals surface area contributed by atoms with Gasteiger partial charge in [0.1, 0.15) is 10.8 Å². The monoisotopic (exact) mass is 444 g/mol. The van der Waals surface area contributed by atoms with Crippen LogP contribution in [0.15, 0.2) is 28.7 Å². The van der Waals surface area contributed by atoms with E-state index in [1.165, 1.54) is 11.3 Å². The number of aromatic nitrogens is 2. The maximum absolute atomic E-state index is 14.8. The van der Waals surface area contributed by atoms with Gasteiger partial charge in [0, 0.05) is 39.3 Å². The van der Waals surface area contributed by atoms with Crippen LogP contribution in [0.1, 0.15) is 51.6 Å². The first-order valence-electron chi connectivity index (χ1n) is 10.5. The van der Waals surface area contributed by atoms with Gasteiger partial charge in [0.2, 0.25) is 11.9 Å². The Labute approximate surface area is 189 Å². The molecule has 0 atom stereocenters. The summed E-state index contributed by atoms with van der Waals surface area (Å²) in [6.07, 6.45) is 4.72. The summed E-state index contributed by atoms with van der Waals surface area (Å²) in [7, 11) is 1.71. The van der Waals surface area contributed by atoms with Crippen LogP contribution < -0.4 is 4.90 Å². The molecule has 1 fully saturated rings. The van der Waals surface area contributed by atoms with Gasteiger partial charge in [-0.15, -0.1) is 11.3 Å². The van der Waals surface area contributed by atoms with Gasteiger partial charge in [-0.3, -0.25) is 4.99 Å². The van der Waals surface area contributed by atoms with Crippen molar-refractivity contribution in [3.63, 3.8) is 0 Å². The molecule has 0 aliphatic carbocycles. The Kier molecular flexibility index (Phi) is 8.86. The highest BCUT2D eigenvalue weighted by molar-refractivity contribution is 7.16. The van der Waals surface area contributed by atoms with Gasteiger partial charge in [-0.2, -0.15) is 4.39 Å². The van der Waals surface area contributed by atoms with Gasteiger partial charge in [0.25, 0.3) is 0 Å². The van der Waals surface area contributed by atoms with Crippen molar-refractivity contribution in [2.45, 2.75) is 47.5 Å². The van der Waals surface area contributed by atoms with Crippen LogP contribution in [0.5, 0.6) is 0 Å². The quantitative estimate of drug-likeness (QED) is 0.348. The second-order valence-electron chi connectivity index (χ2n) is 6.76. The lowest BCUT2D eigenvalue weighted by molar-refractivity contribution is 0.554. The summed E-state index contributed by atoms with van der Waals surface area (Å²) in [6.45, 7) is 12.6. The highest BCUT2D eigenvalue weighted by Gasteiger charge is 2.27. The molecule has 4 heterocycles. The molecule has 8 heteroatoms. The fourth-order valence-electron chi connectivity index (χ4n) is 3.63.